The Morgan fingerprint density at radius 3 is 2.41 bits per heavy atom. The van der Waals surface area contributed by atoms with Gasteiger partial charge >= 0.3 is 0 Å². The second-order valence-electron chi connectivity index (χ2n) is 9.43. The molecule has 0 aliphatic carbocycles. The number of anilines is 2. The Morgan fingerprint density at radius 1 is 0.875 bits per heavy atom. The van der Waals surface area contributed by atoms with E-state index in [0.717, 1.165) is 36.7 Å². The molecule has 1 aromatic carbocycles. The Morgan fingerprint density at radius 2 is 1.66 bits per heavy atom. The highest BCUT2D eigenvalue weighted by Crippen LogP contribution is 2.44. The summed E-state index contributed by atoms with van der Waals surface area (Å²) < 4.78 is 0. The number of likely N-dealkylation sites (tertiary alicyclic amines) is 1. The van der Waals surface area contributed by atoms with Crippen molar-refractivity contribution < 1.29 is 0 Å². The fourth-order valence-electron chi connectivity index (χ4n) is 5.84. The Balaban J connectivity index is 1.05. The molecule has 0 radical (unpaired) electrons. The van der Waals surface area contributed by atoms with Crippen LogP contribution < -0.4 is 10.2 Å². The molecule has 1 spiro atoms. The van der Waals surface area contributed by atoms with Crippen molar-refractivity contribution in [2.45, 2.75) is 37.1 Å². The van der Waals surface area contributed by atoms with Crippen molar-refractivity contribution in [3.63, 3.8) is 0 Å². The van der Waals surface area contributed by atoms with Gasteiger partial charge in [-0.25, -0.2) is 4.98 Å². The molecular formula is C26H30N6. The van der Waals surface area contributed by atoms with Crippen molar-refractivity contribution in [2.75, 3.05) is 42.9 Å². The molecule has 32 heavy (non-hydrogen) atoms. The van der Waals surface area contributed by atoms with Crippen molar-refractivity contribution in [1.29, 1.82) is 0 Å². The van der Waals surface area contributed by atoms with Crippen molar-refractivity contribution in [2.24, 2.45) is 0 Å². The summed E-state index contributed by atoms with van der Waals surface area (Å²) in [6.45, 7) is 5.63. The Hall–Kier alpha value is -2.99. The molecule has 6 rings (SSSR count). The number of piperidine rings is 2. The lowest BCUT2D eigenvalue weighted by molar-refractivity contribution is 0.106. The first kappa shape index (κ1) is 19.7. The summed E-state index contributed by atoms with van der Waals surface area (Å²) in [6, 6.07) is 13.5. The molecule has 2 aromatic heterocycles. The molecule has 0 saturated carbocycles. The lowest BCUT2D eigenvalue weighted by Crippen LogP contribution is -2.51. The van der Waals surface area contributed by atoms with Gasteiger partial charge in [0.1, 0.15) is 5.82 Å². The van der Waals surface area contributed by atoms with E-state index < -0.39 is 0 Å². The predicted molar refractivity (Wildman–Crippen MR) is 128 cm³/mol. The minimum Gasteiger partial charge on any atom is -0.384 e. The molecule has 6 nitrogen and oxygen atoms in total. The van der Waals surface area contributed by atoms with Gasteiger partial charge in [-0.05, 0) is 62.5 Å². The first-order valence-electron chi connectivity index (χ1n) is 11.9. The van der Waals surface area contributed by atoms with E-state index in [0.29, 0.717) is 11.5 Å². The maximum atomic E-state index is 4.71. The van der Waals surface area contributed by atoms with Gasteiger partial charge in [0, 0.05) is 54.7 Å². The summed E-state index contributed by atoms with van der Waals surface area (Å²) in [5.41, 5.74) is 5.20. The number of para-hydroxylation sites is 1. The number of hydrogen-bond donors (Lipinski definition) is 1. The molecule has 3 aromatic rings. The zero-order chi connectivity index (χ0) is 21.4. The third-order valence-corrected chi connectivity index (χ3v) is 7.79. The summed E-state index contributed by atoms with van der Waals surface area (Å²) in [4.78, 5) is 18.6. The quantitative estimate of drug-likeness (QED) is 0.684. The zero-order valence-corrected chi connectivity index (χ0v) is 18.5. The number of aromatic nitrogens is 3. The van der Waals surface area contributed by atoms with Gasteiger partial charge in [0.25, 0.3) is 0 Å². The van der Waals surface area contributed by atoms with Gasteiger partial charge in [-0.1, -0.05) is 18.2 Å². The molecule has 0 bridgehead atoms. The predicted octanol–water partition coefficient (Wildman–Crippen LogP) is 3.97. The van der Waals surface area contributed by atoms with Crippen molar-refractivity contribution in [3.8, 4) is 11.3 Å². The van der Waals surface area contributed by atoms with E-state index in [2.05, 4.69) is 49.4 Å². The average molecular weight is 427 g/mol. The molecule has 5 heterocycles. The highest BCUT2D eigenvalue weighted by molar-refractivity contribution is 5.60. The highest BCUT2D eigenvalue weighted by atomic mass is 15.2. The minimum absolute atomic E-state index is 0.347. The molecule has 0 atom stereocenters. The maximum Gasteiger partial charge on any atom is 0.147 e. The van der Waals surface area contributed by atoms with Crippen molar-refractivity contribution >= 4 is 11.5 Å². The SMILES string of the molecule is c1ccc2c(c1)NCC21CCN(C2CCN(c3cnc(-c4ccncc4)cn3)CC2)CC1. The van der Waals surface area contributed by atoms with E-state index in [-0.39, 0.29) is 0 Å². The van der Waals surface area contributed by atoms with Crippen molar-refractivity contribution in [3.05, 3.63) is 66.7 Å². The van der Waals surface area contributed by atoms with E-state index in [1.54, 1.807) is 18.0 Å². The molecular weight excluding hydrogens is 396 g/mol. The molecule has 1 N–H and O–H groups in total. The third-order valence-electron chi connectivity index (χ3n) is 7.79. The van der Waals surface area contributed by atoms with E-state index in [1.165, 1.54) is 44.5 Å². The van der Waals surface area contributed by atoms with Gasteiger partial charge in [-0.15, -0.1) is 0 Å². The van der Waals surface area contributed by atoms with Crippen LogP contribution >= 0.6 is 0 Å². The molecule has 3 aliphatic rings. The van der Waals surface area contributed by atoms with Gasteiger partial charge in [-0.2, -0.15) is 0 Å². The number of nitrogens with zero attached hydrogens (tertiary/aromatic N) is 5. The van der Waals surface area contributed by atoms with Gasteiger partial charge in [-0.3, -0.25) is 9.97 Å². The van der Waals surface area contributed by atoms with Crippen LogP contribution in [0.15, 0.2) is 61.2 Å². The molecule has 164 valence electrons. The van der Waals surface area contributed by atoms with Crippen LogP contribution in [0.1, 0.15) is 31.2 Å². The van der Waals surface area contributed by atoms with Gasteiger partial charge in [0.15, 0.2) is 0 Å². The Labute approximate surface area is 189 Å². The average Bonchev–Trinajstić information content (AvgIpc) is 3.23. The molecule has 2 saturated heterocycles. The molecule has 6 heteroatoms. The number of nitrogens with one attached hydrogen (secondary N) is 1. The first-order valence-corrected chi connectivity index (χ1v) is 11.9. The molecule has 2 fully saturated rings. The lowest BCUT2D eigenvalue weighted by atomic mass is 9.74. The summed E-state index contributed by atoms with van der Waals surface area (Å²) in [7, 11) is 0. The van der Waals surface area contributed by atoms with Crippen LogP contribution in [0.5, 0.6) is 0 Å². The van der Waals surface area contributed by atoms with Gasteiger partial charge in [0.05, 0.1) is 18.1 Å². The zero-order valence-electron chi connectivity index (χ0n) is 18.5. The number of hydrogen-bond acceptors (Lipinski definition) is 6. The fourth-order valence-corrected chi connectivity index (χ4v) is 5.84. The van der Waals surface area contributed by atoms with Crippen LogP contribution in [0, 0.1) is 0 Å². The largest absolute Gasteiger partial charge is 0.384 e. The summed E-state index contributed by atoms with van der Waals surface area (Å²) in [5.74, 6) is 0.993. The van der Waals surface area contributed by atoms with Gasteiger partial charge in [0.2, 0.25) is 0 Å². The van der Waals surface area contributed by atoms with E-state index in [4.69, 9.17) is 4.98 Å². The number of rotatable bonds is 3. The maximum absolute atomic E-state index is 4.71. The topological polar surface area (TPSA) is 57.2 Å². The van der Waals surface area contributed by atoms with E-state index >= 15 is 0 Å². The Kier molecular flexibility index (Phi) is 5.02. The number of benzene rings is 1. The second kappa shape index (κ2) is 8.17. The third kappa shape index (κ3) is 3.52. The smallest absolute Gasteiger partial charge is 0.147 e. The van der Waals surface area contributed by atoms with Gasteiger partial charge < -0.3 is 15.1 Å². The minimum atomic E-state index is 0.347. The number of pyridine rings is 1. The second-order valence-corrected chi connectivity index (χ2v) is 9.43. The van der Waals surface area contributed by atoms with Crippen LogP contribution in [-0.2, 0) is 5.41 Å². The molecule has 3 aliphatic heterocycles. The monoisotopic (exact) mass is 426 g/mol. The standard InChI is InChI=1S/C26H30N6/c1-2-4-23-22(3-1)26(19-30-23)9-15-31(16-10-26)21-7-13-32(14-8-21)25-18-28-24(17-29-25)20-5-11-27-12-6-20/h1-6,11-12,17-18,21,30H,7-10,13-16,19H2. The summed E-state index contributed by atoms with van der Waals surface area (Å²) in [5, 5.41) is 3.65. The van der Waals surface area contributed by atoms with Crippen LogP contribution in [0.25, 0.3) is 11.3 Å². The fraction of sp³-hybridized carbons (Fsp3) is 0.423. The Bertz CT molecular complexity index is 1050. The first-order chi connectivity index (χ1) is 15.8. The normalized spacial score (nSPS) is 20.8. The van der Waals surface area contributed by atoms with E-state index in [1.807, 2.05) is 24.5 Å². The highest BCUT2D eigenvalue weighted by Gasteiger charge is 2.42. The number of fused-ring (bicyclic) bond motifs is 2. The summed E-state index contributed by atoms with van der Waals surface area (Å²) >= 11 is 0. The summed E-state index contributed by atoms with van der Waals surface area (Å²) in [6.07, 6.45) is 12.3. The van der Waals surface area contributed by atoms with Crippen LogP contribution in [-0.4, -0.2) is 58.6 Å². The molecule has 0 unspecified atom stereocenters. The van der Waals surface area contributed by atoms with Crippen molar-refractivity contribution in [1.82, 2.24) is 19.9 Å². The molecule has 0 amide bonds. The van der Waals surface area contributed by atoms with E-state index in [9.17, 15) is 0 Å². The van der Waals surface area contributed by atoms with Crippen LogP contribution in [0.2, 0.25) is 0 Å². The van der Waals surface area contributed by atoms with Crippen LogP contribution in [0.3, 0.4) is 0 Å². The lowest BCUT2D eigenvalue weighted by Gasteiger charge is -2.45. The van der Waals surface area contributed by atoms with Crippen LogP contribution in [0.4, 0.5) is 11.5 Å².